The summed E-state index contributed by atoms with van der Waals surface area (Å²) in [5.41, 5.74) is 2.15. The minimum absolute atomic E-state index is 0.166. The SMILES string of the molecule is CCOC(=O)C(C)(C)Oc1c(-c2ccc3c(c2)CCC3=O)ccc(OC)c1OC. The molecule has 154 valence electrons. The first kappa shape index (κ1) is 20.7. The number of esters is 1. The molecule has 1 aliphatic rings. The molecule has 29 heavy (non-hydrogen) atoms. The van der Waals surface area contributed by atoms with E-state index in [0.29, 0.717) is 23.7 Å². The number of methoxy groups -OCH3 is 2. The van der Waals surface area contributed by atoms with Crippen LogP contribution in [0, 0.1) is 0 Å². The lowest BCUT2D eigenvalue weighted by Gasteiger charge is -2.27. The number of Topliss-reactive ketones (excluding diaryl/α,β-unsaturated/α-hetero) is 1. The van der Waals surface area contributed by atoms with Crippen LogP contribution in [0.1, 0.15) is 43.1 Å². The summed E-state index contributed by atoms with van der Waals surface area (Å²) < 4.78 is 22.3. The average Bonchev–Trinajstić information content (AvgIpc) is 3.07. The van der Waals surface area contributed by atoms with Gasteiger partial charge in [-0.05, 0) is 50.5 Å². The van der Waals surface area contributed by atoms with Gasteiger partial charge in [-0.25, -0.2) is 4.79 Å². The van der Waals surface area contributed by atoms with Crippen molar-refractivity contribution in [3.63, 3.8) is 0 Å². The summed E-state index contributed by atoms with van der Waals surface area (Å²) in [6.07, 6.45) is 1.25. The molecule has 0 heterocycles. The van der Waals surface area contributed by atoms with Crippen molar-refractivity contribution in [3.8, 4) is 28.4 Å². The smallest absolute Gasteiger partial charge is 0.349 e. The lowest BCUT2D eigenvalue weighted by molar-refractivity contribution is -0.158. The quantitative estimate of drug-likeness (QED) is 0.651. The third kappa shape index (κ3) is 3.92. The predicted molar refractivity (Wildman–Crippen MR) is 109 cm³/mol. The summed E-state index contributed by atoms with van der Waals surface area (Å²) in [7, 11) is 3.06. The van der Waals surface area contributed by atoms with E-state index >= 15 is 0 Å². The van der Waals surface area contributed by atoms with Gasteiger partial charge in [0.2, 0.25) is 5.75 Å². The van der Waals surface area contributed by atoms with Gasteiger partial charge in [0.1, 0.15) is 0 Å². The van der Waals surface area contributed by atoms with E-state index in [-0.39, 0.29) is 12.4 Å². The van der Waals surface area contributed by atoms with Crippen LogP contribution in [0.3, 0.4) is 0 Å². The fraction of sp³-hybridized carbons (Fsp3) is 0.391. The van der Waals surface area contributed by atoms with E-state index in [0.717, 1.165) is 28.7 Å². The number of fused-ring (bicyclic) bond motifs is 1. The fourth-order valence-corrected chi connectivity index (χ4v) is 3.45. The van der Waals surface area contributed by atoms with Crippen LogP contribution in [-0.2, 0) is 16.0 Å². The number of ether oxygens (including phenoxy) is 4. The Kier molecular flexibility index (Phi) is 5.82. The number of hydrogen-bond donors (Lipinski definition) is 0. The van der Waals surface area contributed by atoms with E-state index in [1.165, 1.54) is 7.11 Å². The van der Waals surface area contributed by atoms with Crippen molar-refractivity contribution in [2.45, 2.75) is 39.2 Å². The molecule has 0 amide bonds. The van der Waals surface area contributed by atoms with Crippen LogP contribution in [-0.4, -0.2) is 38.2 Å². The second-order valence-electron chi connectivity index (χ2n) is 7.31. The number of carbonyl (C=O) groups is 2. The number of ketones is 1. The summed E-state index contributed by atoms with van der Waals surface area (Å²) in [5, 5.41) is 0. The molecule has 6 nitrogen and oxygen atoms in total. The van der Waals surface area contributed by atoms with Crippen molar-refractivity contribution in [1.82, 2.24) is 0 Å². The minimum atomic E-state index is -1.24. The topological polar surface area (TPSA) is 71.1 Å². The largest absolute Gasteiger partial charge is 0.493 e. The Morgan fingerprint density at radius 1 is 1.00 bits per heavy atom. The highest BCUT2D eigenvalue weighted by Gasteiger charge is 2.34. The third-order valence-corrected chi connectivity index (χ3v) is 4.96. The van der Waals surface area contributed by atoms with E-state index in [1.807, 2.05) is 24.3 Å². The Morgan fingerprint density at radius 2 is 1.72 bits per heavy atom. The van der Waals surface area contributed by atoms with Crippen molar-refractivity contribution in [2.75, 3.05) is 20.8 Å². The highest BCUT2D eigenvalue weighted by molar-refractivity contribution is 6.01. The van der Waals surface area contributed by atoms with E-state index in [2.05, 4.69) is 0 Å². The molecular formula is C23H26O6. The van der Waals surface area contributed by atoms with Gasteiger partial charge in [-0.15, -0.1) is 0 Å². The van der Waals surface area contributed by atoms with Crippen LogP contribution >= 0.6 is 0 Å². The van der Waals surface area contributed by atoms with Crippen molar-refractivity contribution < 1.29 is 28.5 Å². The van der Waals surface area contributed by atoms with Crippen LogP contribution in [0.25, 0.3) is 11.1 Å². The van der Waals surface area contributed by atoms with E-state index in [4.69, 9.17) is 18.9 Å². The second kappa shape index (κ2) is 8.15. The van der Waals surface area contributed by atoms with Crippen molar-refractivity contribution in [2.24, 2.45) is 0 Å². The number of aryl methyl sites for hydroxylation is 1. The zero-order valence-corrected chi connectivity index (χ0v) is 17.5. The molecule has 0 aromatic heterocycles. The summed E-state index contributed by atoms with van der Waals surface area (Å²) in [5.74, 6) is 0.949. The van der Waals surface area contributed by atoms with Crippen LogP contribution < -0.4 is 14.2 Å². The molecule has 3 rings (SSSR count). The molecule has 2 aromatic rings. The van der Waals surface area contributed by atoms with Crippen LogP contribution in [0.2, 0.25) is 0 Å². The molecule has 0 bridgehead atoms. The molecule has 2 aromatic carbocycles. The molecule has 0 atom stereocenters. The number of benzene rings is 2. The molecule has 0 unspecified atom stereocenters. The zero-order chi connectivity index (χ0) is 21.2. The molecule has 6 heteroatoms. The van der Waals surface area contributed by atoms with Crippen molar-refractivity contribution in [1.29, 1.82) is 0 Å². The maximum atomic E-state index is 12.4. The Morgan fingerprint density at radius 3 is 2.38 bits per heavy atom. The van der Waals surface area contributed by atoms with Crippen LogP contribution in [0.4, 0.5) is 0 Å². The predicted octanol–water partition coefficient (Wildman–Crippen LogP) is 4.22. The van der Waals surface area contributed by atoms with Gasteiger partial charge in [0, 0.05) is 17.5 Å². The van der Waals surface area contributed by atoms with Gasteiger partial charge in [-0.3, -0.25) is 4.79 Å². The van der Waals surface area contributed by atoms with Gasteiger partial charge >= 0.3 is 5.97 Å². The highest BCUT2D eigenvalue weighted by atomic mass is 16.6. The molecule has 0 spiro atoms. The Bertz CT molecular complexity index is 945. The maximum Gasteiger partial charge on any atom is 0.349 e. The normalized spacial score (nSPS) is 13.1. The summed E-state index contributed by atoms with van der Waals surface area (Å²) in [6.45, 7) is 5.30. The van der Waals surface area contributed by atoms with Gasteiger partial charge in [0.15, 0.2) is 22.9 Å². The third-order valence-electron chi connectivity index (χ3n) is 4.96. The first-order valence-corrected chi connectivity index (χ1v) is 9.60. The number of hydrogen-bond acceptors (Lipinski definition) is 6. The van der Waals surface area contributed by atoms with Gasteiger partial charge in [0.05, 0.1) is 20.8 Å². The fourth-order valence-electron chi connectivity index (χ4n) is 3.45. The van der Waals surface area contributed by atoms with Gasteiger partial charge in [-0.1, -0.05) is 18.2 Å². The summed E-state index contributed by atoms with van der Waals surface area (Å²) in [6, 6.07) is 9.36. The monoisotopic (exact) mass is 398 g/mol. The second-order valence-corrected chi connectivity index (χ2v) is 7.31. The first-order chi connectivity index (χ1) is 13.8. The summed E-state index contributed by atoms with van der Waals surface area (Å²) >= 11 is 0. The van der Waals surface area contributed by atoms with Gasteiger partial charge in [0.25, 0.3) is 0 Å². The molecule has 0 radical (unpaired) electrons. The standard InChI is InChI=1S/C23H26O6/c1-6-28-22(25)23(2,3)29-20-17(10-12-19(26-4)21(20)27-5)15-7-9-16-14(13-15)8-11-18(16)24/h7,9-10,12-13H,6,8,11H2,1-5H3. The first-order valence-electron chi connectivity index (χ1n) is 9.60. The van der Waals surface area contributed by atoms with Crippen molar-refractivity contribution >= 4 is 11.8 Å². The maximum absolute atomic E-state index is 12.4. The molecule has 0 saturated heterocycles. The van der Waals surface area contributed by atoms with Crippen LogP contribution in [0.15, 0.2) is 30.3 Å². The molecule has 0 fully saturated rings. The molecule has 1 aliphatic carbocycles. The minimum Gasteiger partial charge on any atom is -0.493 e. The lowest BCUT2D eigenvalue weighted by Crippen LogP contribution is -2.40. The molecule has 0 N–H and O–H groups in total. The Labute approximate surface area is 170 Å². The average molecular weight is 398 g/mol. The molecule has 0 saturated carbocycles. The lowest BCUT2D eigenvalue weighted by atomic mass is 9.98. The zero-order valence-electron chi connectivity index (χ0n) is 17.5. The highest BCUT2D eigenvalue weighted by Crippen LogP contribution is 2.46. The van der Waals surface area contributed by atoms with Crippen LogP contribution in [0.5, 0.6) is 17.2 Å². The van der Waals surface area contributed by atoms with E-state index < -0.39 is 11.6 Å². The van der Waals surface area contributed by atoms with Gasteiger partial charge in [-0.2, -0.15) is 0 Å². The van der Waals surface area contributed by atoms with Crippen molar-refractivity contribution in [3.05, 3.63) is 41.5 Å². The van der Waals surface area contributed by atoms with Gasteiger partial charge < -0.3 is 18.9 Å². The summed E-state index contributed by atoms with van der Waals surface area (Å²) in [4.78, 5) is 24.4. The van der Waals surface area contributed by atoms with E-state index in [9.17, 15) is 9.59 Å². The Balaban J connectivity index is 2.13. The number of carbonyl (C=O) groups excluding carboxylic acids is 2. The molecule has 0 aliphatic heterocycles. The number of rotatable bonds is 7. The Hall–Kier alpha value is -3.02. The molecular weight excluding hydrogens is 372 g/mol. The van der Waals surface area contributed by atoms with E-state index in [1.54, 1.807) is 33.9 Å².